The zero-order valence-electron chi connectivity index (χ0n) is 18.4. The first-order valence-electron chi connectivity index (χ1n) is 11.0. The number of anilines is 2. The number of likely N-dealkylation sites (tertiary alicyclic amines) is 1. The normalized spacial score (nSPS) is 15.2. The summed E-state index contributed by atoms with van der Waals surface area (Å²) in [5, 5.41) is 0. The van der Waals surface area contributed by atoms with Crippen LogP contribution in [0.2, 0.25) is 0 Å². The molecule has 0 radical (unpaired) electrons. The summed E-state index contributed by atoms with van der Waals surface area (Å²) in [7, 11) is 0. The van der Waals surface area contributed by atoms with Gasteiger partial charge < -0.3 is 15.5 Å². The van der Waals surface area contributed by atoms with Crippen LogP contribution in [0.1, 0.15) is 65.7 Å². The van der Waals surface area contributed by atoms with Crippen LogP contribution in [0.5, 0.6) is 0 Å². The van der Waals surface area contributed by atoms with Gasteiger partial charge in [-0.05, 0) is 25.2 Å². The van der Waals surface area contributed by atoms with E-state index in [1.165, 1.54) is 9.47 Å². The lowest BCUT2D eigenvalue weighted by atomic mass is 10.1. The van der Waals surface area contributed by atoms with Gasteiger partial charge in [-0.1, -0.05) is 40.0 Å². The molecule has 168 valence electrons. The number of hydrogen-bond acceptors (Lipinski definition) is 5. The van der Waals surface area contributed by atoms with Gasteiger partial charge in [-0.25, -0.2) is 4.79 Å². The maximum Gasteiger partial charge on any atom is 0.330 e. The van der Waals surface area contributed by atoms with Crippen molar-refractivity contribution in [3.05, 3.63) is 20.8 Å². The third-order valence-electron chi connectivity index (χ3n) is 5.32. The molecule has 0 bridgehead atoms. The molecule has 0 saturated carbocycles. The summed E-state index contributed by atoms with van der Waals surface area (Å²) < 4.78 is 1.30. The molecule has 1 aliphatic rings. The zero-order valence-corrected chi connectivity index (χ0v) is 18.4. The first-order chi connectivity index (χ1) is 14.3. The summed E-state index contributed by atoms with van der Waals surface area (Å²) in [6.45, 7) is 6.92. The van der Waals surface area contributed by atoms with E-state index in [1.807, 2.05) is 20.8 Å². The Hall–Kier alpha value is -2.58. The van der Waals surface area contributed by atoms with Crippen molar-refractivity contribution in [3.8, 4) is 0 Å². The molecule has 1 aromatic rings. The van der Waals surface area contributed by atoms with Crippen LogP contribution in [0.4, 0.5) is 11.5 Å². The molecule has 2 amide bonds. The Morgan fingerprint density at radius 2 is 1.87 bits per heavy atom. The van der Waals surface area contributed by atoms with E-state index in [1.54, 1.807) is 4.90 Å². The lowest BCUT2D eigenvalue weighted by Gasteiger charge is -2.29. The highest BCUT2D eigenvalue weighted by Crippen LogP contribution is 2.20. The molecule has 30 heavy (non-hydrogen) atoms. The van der Waals surface area contributed by atoms with Crippen LogP contribution in [0, 0.1) is 5.92 Å². The third kappa shape index (κ3) is 5.96. The fraction of sp³-hybridized carbons (Fsp3) is 0.714. The van der Waals surface area contributed by atoms with E-state index >= 15 is 0 Å². The summed E-state index contributed by atoms with van der Waals surface area (Å²) in [6.07, 6.45) is 5.66. The van der Waals surface area contributed by atoms with Crippen molar-refractivity contribution in [3.63, 3.8) is 0 Å². The molecule has 0 aliphatic carbocycles. The molecule has 9 nitrogen and oxygen atoms in total. The number of nitrogens with two attached hydrogens (primary N) is 1. The number of hydrogen-bond donors (Lipinski definition) is 2. The predicted molar refractivity (Wildman–Crippen MR) is 117 cm³/mol. The van der Waals surface area contributed by atoms with Crippen LogP contribution in [-0.4, -0.2) is 45.9 Å². The van der Waals surface area contributed by atoms with Crippen LogP contribution in [0.3, 0.4) is 0 Å². The quantitative estimate of drug-likeness (QED) is 0.662. The molecule has 1 saturated heterocycles. The van der Waals surface area contributed by atoms with Crippen LogP contribution < -0.4 is 21.9 Å². The minimum absolute atomic E-state index is 0.00630. The number of unbranched alkanes of at least 4 members (excludes halogenated alkanes) is 1. The van der Waals surface area contributed by atoms with E-state index in [4.69, 9.17) is 5.73 Å². The fourth-order valence-corrected chi connectivity index (χ4v) is 3.69. The number of amides is 2. The van der Waals surface area contributed by atoms with Crippen LogP contribution in [0.15, 0.2) is 9.59 Å². The molecule has 0 unspecified atom stereocenters. The molecule has 0 atom stereocenters. The van der Waals surface area contributed by atoms with Gasteiger partial charge in [0.2, 0.25) is 11.8 Å². The fourth-order valence-electron chi connectivity index (χ4n) is 3.69. The molecule has 2 rings (SSSR count). The number of nitrogen functional groups attached to an aromatic ring is 1. The Morgan fingerprint density at radius 1 is 1.17 bits per heavy atom. The second-order valence-corrected chi connectivity index (χ2v) is 8.38. The van der Waals surface area contributed by atoms with Crippen molar-refractivity contribution >= 4 is 23.3 Å². The van der Waals surface area contributed by atoms with Crippen molar-refractivity contribution < 1.29 is 9.59 Å². The Morgan fingerprint density at radius 3 is 2.53 bits per heavy atom. The molecule has 3 N–H and O–H groups in total. The molecule has 1 fully saturated rings. The van der Waals surface area contributed by atoms with Crippen molar-refractivity contribution in [2.75, 3.05) is 30.3 Å². The van der Waals surface area contributed by atoms with Gasteiger partial charge in [0, 0.05) is 26.1 Å². The van der Waals surface area contributed by atoms with Crippen molar-refractivity contribution in [1.29, 1.82) is 0 Å². The maximum absolute atomic E-state index is 13.2. The number of rotatable bonds is 8. The minimum atomic E-state index is -0.680. The van der Waals surface area contributed by atoms with Gasteiger partial charge in [-0.3, -0.25) is 23.9 Å². The SMILES string of the molecule is CCCCN(C(=O)CN1CCCCCCC1=O)c1c(N)n(CC(C)C)c(=O)[nH]c1=O. The van der Waals surface area contributed by atoms with Gasteiger partial charge >= 0.3 is 5.69 Å². The molecule has 9 heteroatoms. The van der Waals surface area contributed by atoms with Crippen LogP contribution in [-0.2, 0) is 16.1 Å². The first kappa shape index (κ1) is 23.7. The lowest BCUT2D eigenvalue weighted by Crippen LogP contribution is -2.47. The smallest absolute Gasteiger partial charge is 0.330 e. The van der Waals surface area contributed by atoms with Crippen molar-refractivity contribution in [2.45, 2.75) is 72.3 Å². The number of nitrogens with one attached hydrogen (secondary N) is 1. The number of carbonyl (C=O) groups excluding carboxylic acids is 2. The molecule has 1 aliphatic heterocycles. The first-order valence-corrected chi connectivity index (χ1v) is 11.0. The van der Waals surface area contributed by atoms with E-state index in [0.29, 0.717) is 32.5 Å². The highest BCUT2D eigenvalue weighted by molar-refractivity contribution is 5.98. The molecular formula is C21H35N5O4. The summed E-state index contributed by atoms with van der Waals surface area (Å²) in [5.74, 6) is -0.280. The predicted octanol–water partition coefficient (Wildman–Crippen LogP) is 1.70. The summed E-state index contributed by atoms with van der Waals surface area (Å²) in [5.41, 5.74) is 4.95. The average Bonchev–Trinajstić information content (AvgIpc) is 2.67. The molecular weight excluding hydrogens is 386 g/mol. The van der Waals surface area contributed by atoms with Crippen LogP contribution >= 0.6 is 0 Å². The minimum Gasteiger partial charge on any atom is -0.383 e. The van der Waals surface area contributed by atoms with E-state index in [0.717, 1.165) is 32.1 Å². The molecule has 0 aromatic carbocycles. The number of carbonyl (C=O) groups is 2. The second kappa shape index (κ2) is 11.0. The largest absolute Gasteiger partial charge is 0.383 e. The topological polar surface area (TPSA) is 121 Å². The Balaban J connectivity index is 2.39. The van der Waals surface area contributed by atoms with E-state index in [9.17, 15) is 19.2 Å². The standard InChI is InChI=1S/C21H35N5O4/c1-4-5-12-25(17(28)14-24-11-9-7-6-8-10-16(24)27)18-19(22)26(13-15(2)3)21(30)23-20(18)29/h15H,4-14,22H2,1-3H3,(H,23,29,30). The van der Waals surface area contributed by atoms with Gasteiger partial charge in [-0.15, -0.1) is 0 Å². The summed E-state index contributed by atoms with van der Waals surface area (Å²) in [6, 6.07) is 0. The average molecular weight is 422 g/mol. The van der Waals surface area contributed by atoms with Gasteiger partial charge in [-0.2, -0.15) is 0 Å². The summed E-state index contributed by atoms with van der Waals surface area (Å²) >= 11 is 0. The zero-order chi connectivity index (χ0) is 22.3. The Labute approximate surface area is 177 Å². The van der Waals surface area contributed by atoms with Crippen LogP contribution in [0.25, 0.3) is 0 Å². The van der Waals surface area contributed by atoms with Crippen molar-refractivity contribution in [1.82, 2.24) is 14.5 Å². The van der Waals surface area contributed by atoms with Gasteiger partial charge in [0.15, 0.2) is 5.69 Å². The number of aromatic amines is 1. The van der Waals surface area contributed by atoms with E-state index in [2.05, 4.69) is 4.98 Å². The number of aromatic nitrogens is 2. The van der Waals surface area contributed by atoms with E-state index < -0.39 is 11.2 Å². The molecule has 0 spiro atoms. The highest BCUT2D eigenvalue weighted by Gasteiger charge is 2.27. The second-order valence-electron chi connectivity index (χ2n) is 8.38. The monoisotopic (exact) mass is 421 g/mol. The lowest BCUT2D eigenvalue weighted by molar-refractivity contribution is -0.135. The van der Waals surface area contributed by atoms with E-state index in [-0.39, 0.29) is 35.8 Å². The highest BCUT2D eigenvalue weighted by atomic mass is 16.2. The number of H-pyrrole nitrogens is 1. The van der Waals surface area contributed by atoms with Crippen molar-refractivity contribution in [2.24, 2.45) is 5.92 Å². The maximum atomic E-state index is 13.2. The van der Waals surface area contributed by atoms with Gasteiger partial charge in [0.1, 0.15) is 12.4 Å². The molecule has 1 aromatic heterocycles. The summed E-state index contributed by atoms with van der Waals surface area (Å²) in [4.78, 5) is 55.8. The van der Waals surface area contributed by atoms with Gasteiger partial charge in [0.05, 0.1) is 0 Å². The third-order valence-corrected chi connectivity index (χ3v) is 5.32. The van der Waals surface area contributed by atoms with Gasteiger partial charge in [0.25, 0.3) is 5.56 Å². The molecule has 2 heterocycles. The Bertz CT molecular complexity index is 858. The number of nitrogens with zero attached hydrogens (tertiary/aromatic N) is 3. The Kier molecular flexibility index (Phi) is 8.68.